The molecule has 0 amide bonds. The Hall–Kier alpha value is -1.75. The Bertz CT molecular complexity index is 496. The van der Waals surface area contributed by atoms with Gasteiger partial charge in [0.15, 0.2) is 5.96 Å². The van der Waals surface area contributed by atoms with Gasteiger partial charge < -0.3 is 20.5 Å². The number of ether oxygens (including phenoxy) is 1. The number of nitrogens with one attached hydrogen (secondary N) is 2. The van der Waals surface area contributed by atoms with Crippen LogP contribution in [0, 0.1) is 0 Å². The lowest BCUT2D eigenvalue weighted by atomic mass is 9.98. The summed E-state index contributed by atoms with van der Waals surface area (Å²) in [5, 5.41) is 16.0. The molecule has 0 aromatic heterocycles. The van der Waals surface area contributed by atoms with Crippen molar-refractivity contribution >= 4 is 5.96 Å². The van der Waals surface area contributed by atoms with Crippen LogP contribution in [0.2, 0.25) is 0 Å². The zero-order valence-corrected chi connectivity index (χ0v) is 15.5. The third-order valence-electron chi connectivity index (χ3n) is 4.61. The molecule has 0 heterocycles. The van der Waals surface area contributed by atoms with Crippen molar-refractivity contribution in [3.05, 3.63) is 29.8 Å². The van der Waals surface area contributed by atoms with Crippen LogP contribution in [0.1, 0.15) is 50.5 Å². The summed E-state index contributed by atoms with van der Waals surface area (Å²) in [5.41, 5.74) is 1.24. The molecule has 140 valence electrons. The van der Waals surface area contributed by atoms with Crippen molar-refractivity contribution in [1.29, 1.82) is 0 Å². The fourth-order valence-electron chi connectivity index (χ4n) is 3.14. The van der Waals surface area contributed by atoms with E-state index in [4.69, 9.17) is 4.74 Å². The number of guanidine groups is 1. The standard InChI is InChI=1S/C20H33N3O2/c1-21-20(22-14-5-7-17-10-12-18(24)13-11-17)23-15-6-16-25-19-8-3-2-4-9-19/h10-13,19,24H,2-9,14-16H2,1H3,(H2,21,22,23). The Morgan fingerprint density at radius 3 is 2.44 bits per heavy atom. The van der Waals surface area contributed by atoms with E-state index >= 15 is 0 Å². The molecule has 2 rings (SSSR count). The fourth-order valence-corrected chi connectivity index (χ4v) is 3.14. The number of hydrogen-bond acceptors (Lipinski definition) is 3. The minimum atomic E-state index is 0.318. The number of phenolic OH excluding ortho intramolecular Hbond substituents is 1. The number of benzene rings is 1. The predicted octanol–water partition coefficient (Wildman–Crippen LogP) is 3.23. The smallest absolute Gasteiger partial charge is 0.190 e. The molecule has 1 aliphatic rings. The second kappa shape index (κ2) is 11.7. The van der Waals surface area contributed by atoms with Gasteiger partial charge in [-0.15, -0.1) is 0 Å². The average Bonchev–Trinajstić information content (AvgIpc) is 2.65. The molecule has 0 bridgehead atoms. The topological polar surface area (TPSA) is 65.9 Å². The summed E-state index contributed by atoms with van der Waals surface area (Å²) in [4.78, 5) is 4.25. The maximum Gasteiger partial charge on any atom is 0.190 e. The zero-order valence-electron chi connectivity index (χ0n) is 15.5. The van der Waals surface area contributed by atoms with Gasteiger partial charge in [0.1, 0.15) is 5.75 Å². The van der Waals surface area contributed by atoms with Crippen molar-refractivity contribution in [2.75, 3.05) is 26.7 Å². The average molecular weight is 348 g/mol. The lowest BCUT2D eigenvalue weighted by Gasteiger charge is -2.22. The van der Waals surface area contributed by atoms with Crippen LogP contribution in [0.25, 0.3) is 0 Å². The van der Waals surface area contributed by atoms with Gasteiger partial charge in [-0.25, -0.2) is 0 Å². The molecule has 1 aliphatic carbocycles. The van der Waals surface area contributed by atoms with Crippen LogP contribution in [0.5, 0.6) is 5.75 Å². The first-order valence-corrected chi connectivity index (χ1v) is 9.62. The van der Waals surface area contributed by atoms with E-state index in [1.165, 1.54) is 37.7 Å². The SMILES string of the molecule is CN=C(NCCCOC1CCCCC1)NCCCc1ccc(O)cc1. The van der Waals surface area contributed by atoms with E-state index < -0.39 is 0 Å². The normalized spacial score (nSPS) is 16.0. The number of nitrogens with zero attached hydrogens (tertiary/aromatic N) is 1. The van der Waals surface area contributed by atoms with Crippen LogP contribution >= 0.6 is 0 Å². The van der Waals surface area contributed by atoms with Gasteiger partial charge in [-0.3, -0.25) is 4.99 Å². The highest BCUT2D eigenvalue weighted by Gasteiger charge is 2.12. The minimum absolute atomic E-state index is 0.318. The number of rotatable bonds is 9. The number of aliphatic imine (C=N–C) groups is 1. The van der Waals surface area contributed by atoms with Crippen molar-refractivity contribution in [3.8, 4) is 5.75 Å². The third kappa shape index (κ3) is 8.25. The van der Waals surface area contributed by atoms with Gasteiger partial charge in [-0.2, -0.15) is 0 Å². The highest BCUT2D eigenvalue weighted by molar-refractivity contribution is 5.79. The minimum Gasteiger partial charge on any atom is -0.508 e. The molecule has 3 N–H and O–H groups in total. The molecule has 0 spiro atoms. The van der Waals surface area contributed by atoms with Crippen LogP contribution in [0.15, 0.2) is 29.3 Å². The molecule has 0 aliphatic heterocycles. The summed E-state index contributed by atoms with van der Waals surface area (Å²) < 4.78 is 5.94. The highest BCUT2D eigenvalue weighted by atomic mass is 16.5. The number of phenols is 1. The second-order valence-corrected chi connectivity index (χ2v) is 6.68. The summed E-state index contributed by atoms with van der Waals surface area (Å²) in [6.45, 7) is 2.58. The first-order valence-electron chi connectivity index (χ1n) is 9.62. The van der Waals surface area contributed by atoms with Gasteiger partial charge in [-0.05, 0) is 49.8 Å². The van der Waals surface area contributed by atoms with Gasteiger partial charge in [0.2, 0.25) is 0 Å². The summed E-state index contributed by atoms with van der Waals surface area (Å²) >= 11 is 0. The van der Waals surface area contributed by atoms with Gasteiger partial charge in [0.25, 0.3) is 0 Å². The monoisotopic (exact) mass is 347 g/mol. The van der Waals surface area contributed by atoms with Crippen molar-refractivity contribution in [1.82, 2.24) is 10.6 Å². The van der Waals surface area contributed by atoms with E-state index in [1.807, 2.05) is 12.1 Å². The molecule has 25 heavy (non-hydrogen) atoms. The Morgan fingerprint density at radius 2 is 1.76 bits per heavy atom. The van der Waals surface area contributed by atoms with E-state index in [9.17, 15) is 5.11 Å². The van der Waals surface area contributed by atoms with Crippen molar-refractivity contribution < 1.29 is 9.84 Å². The Kier molecular flexibility index (Phi) is 9.19. The Morgan fingerprint density at radius 1 is 1.08 bits per heavy atom. The molecular formula is C20H33N3O2. The molecule has 1 fully saturated rings. The predicted molar refractivity (Wildman–Crippen MR) is 103 cm³/mol. The fraction of sp³-hybridized carbons (Fsp3) is 0.650. The van der Waals surface area contributed by atoms with Gasteiger partial charge in [0.05, 0.1) is 6.10 Å². The van der Waals surface area contributed by atoms with E-state index in [0.717, 1.165) is 44.9 Å². The first-order chi connectivity index (χ1) is 12.3. The molecule has 0 atom stereocenters. The largest absolute Gasteiger partial charge is 0.508 e. The summed E-state index contributed by atoms with van der Waals surface area (Å²) in [6.07, 6.45) is 9.99. The molecule has 5 nitrogen and oxygen atoms in total. The molecular weight excluding hydrogens is 314 g/mol. The van der Waals surface area contributed by atoms with Crippen LogP contribution in [-0.4, -0.2) is 43.9 Å². The lowest BCUT2D eigenvalue weighted by molar-refractivity contribution is 0.0277. The first kappa shape index (κ1) is 19.6. The number of hydrogen-bond donors (Lipinski definition) is 3. The number of aromatic hydroxyl groups is 1. The van der Waals surface area contributed by atoms with E-state index in [-0.39, 0.29) is 0 Å². The Labute approximate surface area is 151 Å². The number of aryl methyl sites for hydroxylation is 1. The van der Waals surface area contributed by atoms with Gasteiger partial charge in [-0.1, -0.05) is 31.4 Å². The molecule has 1 saturated carbocycles. The van der Waals surface area contributed by atoms with E-state index in [1.54, 1.807) is 19.2 Å². The Balaban J connectivity index is 1.49. The lowest BCUT2D eigenvalue weighted by Crippen LogP contribution is -2.38. The molecule has 0 saturated heterocycles. The van der Waals surface area contributed by atoms with Crippen LogP contribution in [0.4, 0.5) is 0 Å². The highest BCUT2D eigenvalue weighted by Crippen LogP contribution is 2.20. The summed E-state index contributed by atoms with van der Waals surface area (Å²) in [6, 6.07) is 7.40. The molecule has 0 unspecified atom stereocenters. The van der Waals surface area contributed by atoms with Gasteiger partial charge in [0, 0.05) is 26.7 Å². The van der Waals surface area contributed by atoms with E-state index in [0.29, 0.717) is 11.9 Å². The third-order valence-corrected chi connectivity index (χ3v) is 4.61. The summed E-state index contributed by atoms with van der Waals surface area (Å²) in [5.74, 6) is 1.17. The van der Waals surface area contributed by atoms with Crippen LogP contribution in [0.3, 0.4) is 0 Å². The van der Waals surface area contributed by atoms with Crippen molar-refractivity contribution in [2.45, 2.75) is 57.5 Å². The molecule has 1 aromatic carbocycles. The van der Waals surface area contributed by atoms with Crippen molar-refractivity contribution in [3.63, 3.8) is 0 Å². The van der Waals surface area contributed by atoms with Crippen LogP contribution < -0.4 is 10.6 Å². The summed E-state index contributed by atoms with van der Waals surface area (Å²) in [7, 11) is 1.80. The van der Waals surface area contributed by atoms with E-state index in [2.05, 4.69) is 15.6 Å². The quantitative estimate of drug-likeness (QED) is 0.364. The van der Waals surface area contributed by atoms with Gasteiger partial charge >= 0.3 is 0 Å². The molecule has 1 aromatic rings. The maximum absolute atomic E-state index is 9.28. The van der Waals surface area contributed by atoms with Crippen LogP contribution in [-0.2, 0) is 11.2 Å². The van der Waals surface area contributed by atoms with Crippen molar-refractivity contribution in [2.24, 2.45) is 4.99 Å². The molecule has 0 radical (unpaired) electrons. The maximum atomic E-state index is 9.28. The zero-order chi connectivity index (χ0) is 17.7. The molecule has 5 heteroatoms. The second-order valence-electron chi connectivity index (χ2n) is 6.68.